The second-order valence-electron chi connectivity index (χ2n) is 5.04. The summed E-state index contributed by atoms with van der Waals surface area (Å²) >= 11 is 0. The lowest BCUT2D eigenvalue weighted by Crippen LogP contribution is -2.48. The van der Waals surface area contributed by atoms with E-state index in [0.717, 1.165) is 12.8 Å². The van der Waals surface area contributed by atoms with E-state index in [1.807, 2.05) is 0 Å². The molecule has 1 saturated heterocycles. The summed E-state index contributed by atoms with van der Waals surface area (Å²) in [4.78, 5) is 24.6. The van der Waals surface area contributed by atoms with Crippen molar-refractivity contribution in [3.8, 4) is 0 Å². The van der Waals surface area contributed by atoms with Crippen molar-refractivity contribution in [3.63, 3.8) is 0 Å². The Labute approximate surface area is 112 Å². The number of carboxylic acids is 1. The third-order valence-corrected chi connectivity index (χ3v) is 3.77. The van der Waals surface area contributed by atoms with Crippen LogP contribution in [0.15, 0.2) is 12.2 Å². The predicted molar refractivity (Wildman–Crippen MR) is 68.8 cm³/mol. The van der Waals surface area contributed by atoms with Gasteiger partial charge in [-0.2, -0.15) is 0 Å². The predicted octanol–water partition coefficient (Wildman–Crippen LogP) is 0.836. The molecule has 2 atom stereocenters. The molecule has 6 heteroatoms. The first kappa shape index (κ1) is 13.9. The first-order chi connectivity index (χ1) is 9.10. The van der Waals surface area contributed by atoms with Crippen LogP contribution in [-0.2, 0) is 9.53 Å². The molecule has 1 heterocycles. The van der Waals surface area contributed by atoms with E-state index in [2.05, 4.69) is 5.32 Å². The van der Waals surface area contributed by atoms with Gasteiger partial charge < -0.3 is 20.1 Å². The monoisotopic (exact) mass is 268 g/mol. The van der Waals surface area contributed by atoms with Crippen LogP contribution >= 0.6 is 0 Å². The molecule has 2 amide bonds. The van der Waals surface area contributed by atoms with Crippen LogP contribution in [0.2, 0.25) is 0 Å². The largest absolute Gasteiger partial charge is 0.481 e. The zero-order valence-corrected chi connectivity index (χ0v) is 11.0. The van der Waals surface area contributed by atoms with Crippen LogP contribution in [0.4, 0.5) is 4.79 Å². The number of amides is 2. The molecule has 19 heavy (non-hydrogen) atoms. The summed E-state index contributed by atoms with van der Waals surface area (Å²) in [6.07, 6.45) is 5.79. The number of carboxylic acid groups (broad SMARTS) is 1. The summed E-state index contributed by atoms with van der Waals surface area (Å²) in [5.41, 5.74) is 0. The molecule has 2 unspecified atom stereocenters. The smallest absolute Gasteiger partial charge is 0.317 e. The molecular weight excluding hydrogens is 248 g/mol. The lowest BCUT2D eigenvalue weighted by atomic mass is 10.1. The number of carbonyl (C=O) groups is 2. The lowest BCUT2D eigenvalue weighted by molar-refractivity contribution is -0.140. The van der Waals surface area contributed by atoms with E-state index < -0.39 is 11.9 Å². The number of aliphatic carboxylic acids is 1. The van der Waals surface area contributed by atoms with Crippen LogP contribution in [0.25, 0.3) is 0 Å². The van der Waals surface area contributed by atoms with E-state index >= 15 is 0 Å². The summed E-state index contributed by atoms with van der Waals surface area (Å²) in [7, 11) is 1.69. The average molecular weight is 268 g/mol. The Morgan fingerprint density at radius 2 is 2.00 bits per heavy atom. The van der Waals surface area contributed by atoms with Crippen molar-refractivity contribution in [1.82, 2.24) is 10.2 Å². The maximum atomic E-state index is 12.0. The minimum atomic E-state index is -0.839. The van der Waals surface area contributed by atoms with Crippen molar-refractivity contribution in [2.24, 2.45) is 5.92 Å². The van der Waals surface area contributed by atoms with Crippen molar-refractivity contribution in [2.75, 3.05) is 20.2 Å². The standard InChI is InChI=1S/C13H20N2O4/c1-19-11-4-6-15(7-5-11)13(18)14-10-3-2-9(8-10)12(16)17/h2-3,9-11H,4-8H2,1H3,(H,14,18)(H,16,17). The van der Waals surface area contributed by atoms with E-state index in [1.165, 1.54) is 0 Å². The van der Waals surface area contributed by atoms with Gasteiger partial charge in [-0.25, -0.2) is 4.79 Å². The Balaban J connectivity index is 1.77. The van der Waals surface area contributed by atoms with Crippen molar-refractivity contribution < 1.29 is 19.4 Å². The average Bonchev–Trinajstić information content (AvgIpc) is 2.87. The number of methoxy groups -OCH3 is 1. The normalized spacial score (nSPS) is 27.5. The van der Waals surface area contributed by atoms with Gasteiger partial charge in [0.15, 0.2) is 0 Å². The van der Waals surface area contributed by atoms with E-state index in [0.29, 0.717) is 19.5 Å². The van der Waals surface area contributed by atoms with Crippen LogP contribution in [-0.4, -0.2) is 54.4 Å². The molecule has 2 rings (SSSR count). The Hall–Kier alpha value is -1.56. The van der Waals surface area contributed by atoms with Gasteiger partial charge in [-0.05, 0) is 19.3 Å². The van der Waals surface area contributed by atoms with Crippen molar-refractivity contribution in [2.45, 2.75) is 31.4 Å². The van der Waals surface area contributed by atoms with Gasteiger partial charge in [-0.15, -0.1) is 0 Å². The molecule has 0 aromatic rings. The van der Waals surface area contributed by atoms with Gasteiger partial charge in [0.2, 0.25) is 0 Å². The Morgan fingerprint density at radius 1 is 1.32 bits per heavy atom. The third-order valence-electron chi connectivity index (χ3n) is 3.77. The highest BCUT2D eigenvalue weighted by Crippen LogP contribution is 2.19. The molecule has 106 valence electrons. The quantitative estimate of drug-likeness (QED) is 0.743. The molecule has 1 aliphatic heterocycles. The summed E-state index contributed by atoms with van der Waals surface area (Å²) in [5.74, 6) is -1.32. The topological polar surface area (TPSA) is 78.9 Å². The fourth-order valence-electron chi connectivity index (χ4n) is 2.53. The highest BCUT2D eigenvalue weighted by atomic mass is 16.5. The molecule has 0 spiro atoms. The van der Waals surface area contributed by atoms with Crippen molar-refractivity contribution >= 4 is 12.0 Å². The van der Waals surface area contributed by atoms with Gasteiger partial charge in [0.25, 0.3) is 0 Å². The molecule has 2 N–H and O–H groups in total. The summed E-state index contributed by atoms with van der Waals surface area (Å²) in [6, 6.07) is -0.288. The number of carbonyl (C=O) groups excluding carboxylic acids is 1. The summed E-state index contributed by atoms with van der Waals surface area (Å²) in [5, 5.41) is 11.7. The molecular formula is C13H20N2O4. The maximum absolute atomic E-state index is 12.0. The maximum Gasteiger partial charge on any atom is 0.317 e. The highest BCUT2D eigenvalue weighted by Gasteiger charge is 2.28. The summed E-state index contributed by atoms with van der Waals surface area (Å²) in [6.45, 7) is 1.37. The van der Waals surface area contributed by atoms with E-state index in [4.69, 9.17) is 9.84 Å². The number of rotatable bonds is 3. The van der Waals surface area contributed by atoms with Gasteiger partial charge in [-0.1, -0.05) is 12.2 Å². The number of nitrogens with one attached hydrogen (secondary N) is 1. The first-order valence-electron chi connectivity index (χ1n) is 6.59. The van der Waals surface area contributed by atoms with Crippen LogP contribution in [0.3, 0.4) is 0 Å². The number of urea groups is 1. The van der Waals surface area contributed by atoms with E-state index in [1.54, 1.807) is 24.2 Å². The fraction of sp³-hybridized carbons (Fsp3) is 0.692. The van der Waals surface area contributed by atoms with Crippen molar-refractivity contribution in [1.29, 1.82) is 0 Å². The van der Waals surface area contributed by atoms with Crippen LogP contribution in [0.1, 0.15) is 19.3 Å². The zero-order chi connectivity index (χ0) is 13.8. The molecule has 0 aromatic heterocycles. The molecule has 0 aromatic carbocycles. The molecule has 1 fully saturated rings. The second kappa shape index (κ2) is 6.06. The first-order valence-corrected chi connectivity index (χ1v) is 6.59. The van der Waals surface area contributed by atoms with Gasteiger partial charge in [0, 0.05) is 20.2 Å². The SMILES string of the molecule is COC1CCN(C(=O)NC2C=CC(C(=O)O)C2)CC1. The Morgan fingerprint density at radius 3 is 2.53 bits per heavy atom. The van der Waals surface area contributed by atoms with Gasteiger partial charge >= 0.3 is 12.0 Å². The number of piperidine rings is 1. The van der Waals surface area contributed by atoms with E-state index in [-0.39, 0.29) is 18.2 Å². The minimum absolute atomic E-state index is 0.116. The van der Waals surface area contributed by atoms with Gasteiger partial charge in [0.1, 0.15) is 0 Å². The van der Waals surface area contributed by atoms with Gasteiger partial charge in [0.05, 0.1) is 18.1 Å². The molecule has 0 saturated carbocycles. The fourth-order valence-corrected chi connectivity index (χ4v) is 2.53. The van der Waals surface area contributed by atoms with Crippen LogP contribution < -0.4 is 5.32 Å². The number of hydrogen-bond acceptors (Lipinski definition) is 3. The molecule has 0 bridgehead atoms. The Bertz CT molecular complexity index is 375. The van der Waals surface area contributed by atoms with Crippen molar-refractivity contribution in [3.05, 3.63) is 12.2 Å². The minimum Gasteiger partial charge on any atom is -0.481 e. The van der Waals surface area contributed by atoms with Gasteiger partial charge in [-0.3, -0.25) is 4.79 Å². The molecule has 2 aliphatic rings. The lowest BCUT2D eigenvalue weighted by Gasteiger charge is -2.32. The highest BCUT2D eigenvalue weighted by molar-refractivity contribution is 5.76. The van der Waals surface area contributed by atoms with E-state index in [9.17, 15) is 9.59 Å². The third kappa shape index (κ3) is 3.47. The number of ether oxygens (including phenoxy) is 1. The number of nitrogens with zero attached hydrogens (tertiary/aromatic N) is 1. The second-order valence-corrected chi connectivity index (χ2v) is 5.04. The Kier molecular flexibility index (Phi) is 4.42. The molecule has 0 radical (unpaired) electrons. The van der Waals surface area contributed by atoms with Crippen LogP contribution in [0, 0.1) is 5.92 Å². The summed E-state index contributed by atoms with van der Waals surface area (Å²) < 4.78 is 5.26. The number of likely N-dealkylation sites (tertiary alicyclic amines) is 1. The zero-order valence-electron chi connectivity index (χ0n) is 11.0. The van der Waals surface area contributed by atoms with Crippen LogP contribution in [0.5, 0.6) is 0 Å². The number of hydrogen-bond donors (Lipinski definition) is 2. The molecule has 1 aliphatic carbocycles. The molecule has 6 nitrogen and oxygen atoms in total.